The molecular weight excluding hydrogens is 449 g/mol. The molecule has 0 spiro atoms. The maximum atomic E-state index is 14.8. The summed E-state index contributed by atoms with van der Waals surface area (Å²) >= 11 is 6.31. The number of nitrogens with zero attached hydrogens (tertiary/aromatic N) is 5. The topological polar surface area (TPSA) is 99.1 Å². The number of aliphatic hydroxyl groups is 1. The fraction of sp³-hybridized carbons (Fsp3) is 0.304. The lowest BCUT2D eigenvalue weighted by Gasteiger charge is -2.17. The number of aromatic nitrogens is 5. The first-order valence-corrected chi connectivity index (χ1v) is 10.4. The Labute approximate surface area is 197 Å². The molecule has 8 nitrogen and oxygen atoms in total. The van der Waals surface area contributed by atoms with Crippen LogP contribution in [0.1, 0.15) is 28.7 Å². The molecule has 0 bridgehead atoms. The van der Waals surface area contributed by atoms with E-state index in [1.807, 2.05) is 0 Å². The average Bonchev–Trinajstić information content (AvgIpc) is 3.38. The van der Waals surface area contributed by atoms with E-state index in [1.165, 1.54) is 57.7 Å². The maximum Gasteiger partial charge on any atom is 0.182 e. The SMILES string of the molecule is [2H]C([2H])(CC(C)(C)O)n1ncc(-c2onc(-c3c(F)cccc3Cl)c2-c2ncccn2)c1COC. The number of hydrogen-bond acceptors (Lipinski definition) is 7. The van der Waals surface area contributed by atoms with Gasteiger partial charge >= 0.3 is 0 Å². The first-order chi connectivity index (χ1) is 16.5. The van der Waals surface area contributed by atoms with Gasteiger partial charge in [0.2, 0.25) is 0 Å². The summed E-state index contributed by atoms with van der Waals surface area (Å²) in [7, 11) is 1.46. The molecule has 4 aromatic rings. The second kappa shape index (κ2) is 9.38. The molecule has 3 heterocycles. The van der Waals surface area contributed by atoms with Gasteiger partial charge in [0.1, 0.15) is 11.5 Å². The predicted molar refractivity (Wildman–Crippen MR) is 121 cm³/mol. The van der Waals surface area contributed by atoms with Crippen molar-refractivity contribution >= 4 is 11.6 Å². The van der Waals surface area contributed by atoms with Crippen LogP contribution >= 0.6 is 11.6 Å². The zero-order valence-corrected chi connectivity index (χ0v) is 19.0. The third kappa shape index (κ3) is 4.80. The molecule has 4 rings (SSSR count). The van der Waals surface area contributed by atoms with Crippen LogP contribution in [0.2, 0.25) is 5.02 Å². The van der Waals surface area contributed by atoms with Crippen LogP contribution in [0.4, 0.5) is 4.39 Å². The summed E-state index contributed by atoms with van der Waals surface area (Å²) in [5.74, 6) is -0.264. The molecule has 0 saturated heterocycles. The normalized spacial score (nSPS) is 13.2. The molecule has 3 aromatic heterocycles. The highest BCUT2D eigenvalue weighted by Crippen LogP contribution is 2.42. The van der Waals surface area contributed by atoms with E-state index in [0.717, 1.165) is 4.68 Å². The van der Waals surface area contributed by atoms with Crippen LogP contribution < -0.4 is 0 Å². The minimum atomic E-state index is -2.06. The van der Waals surface area contributed by atoms with Gasteiger partial charge in [0.15, 0.2) is 11.6 Å². The van der Waals surface area contributed by atoms with Gasteiger partial charge in [-0.25, -0.2) is 14.4 Å². The highest BCUT2D eigenvalue weighted by molar-refractivity contribution is 6.33. The van der Waals surface area contributed by atoms with Crippen molar-refractivity contribution in [1.29, 1.82) is 0 Å². The van der Waals surface area contributed by atoms with Gasteiger partial charge in [-0.15, -0.1) is 0 Å². The molecule has 0 fully saturated rings. The molecule has 1 aromatic carbocycles. The maximum absolute atomic E-state index is 14.8. The molecule has 0 aliphatic heterocycles. The molecule has 10 heteroatoms. The molecule has 0 saturated carbocycles. The second-order valence-electron chi connectivity index (χ2n) is 7.90. The zero-order chi connectivity index (χ0) is 25.4. The minimum Gasteiger partial charge on any atom is -0.390 e. The van der Waals surface area contributed by atoms with Crippen LogP contribution in [-0.2, 0) is 17.8 Å². The third-order valence-electron chi connectivity index (χ3n) is 4.74. The number of ether oxygens (including phenoxy) is 1. The molecule has 172 valence electrons. The highest BCUT2D eigenvalue weighted by atomic mass is 35.5. The number of methoxy groups -OCH3 is 1. The van der Waals surface area contributed by atoms with Gasteiger partial charge in [0.25, 0.3) is 0 Å². The lowest BCUT2D eigenvalue weighted by molar-refractivity contribution is 0.0640. The fourth-order valence-electron chi connectivity index (χ4n) is 3.25. The molecule has 0 amide bonds. The van der Waals surface area contributed by atoms with Crippen molar-refractivity contribution in [3.05, 3.63) is 59.4 Å². The standard InChI is InChI=1S/C23H23ClFN5O3/c1-23(2,31)8-11-30-17(13-32-3)14(12-28-30)21-19(22-26-9-5-10-27-22)20(29-33-21)18-15(24)6-4-7-16(18)25/h4-7,9-10,12,31H,8,11,13H2,1-3H3/i11D2. The lowest BCUT2D eigenvalue weighted by atomic mass is 10.0. The molecular formula is C23H23ClFN5O3. The second-order valence-corrected chi connectivity index (χ2v) is 8.31. The quantitative estimate of drug-likeness (QED) is 0.393. The molecule has 0 unspecified atom stereocenters. The van der Waals surface area contributed by atoms with Crippen LogP contribution in [0.25, 0.3) is 34.0 Å². The Morgan fingerprint density at radius 1 is 1.24 bits per heavy atom. The van der Waals surface area contributed by atoms with Crippen molar-refractivity contribution in [1.82, 2.24) is 24.9 Å². The molecule has 0 aliphatic rings. The van der Waals surface area contributed by atoms with Gasteiger partial charge in [-0.05, 0) is 38.5 Å². The molecule has 33 heavy (non-hydrogen) atoms. The van der Waals surface area contributed by atoms with Crippen molar-refractivity contribution in [3.63, 3.8) is 0 Å². The summed E-state index contributed by atoms with van der Waals surface area (Å²) in [4.78, 5) is 8.58. The summed E-state index contributed by atoms with van der Waals surface area (Å²) in [5, 5.41) is 18.7. The van der Waals surface area contributed by atoms with Crippen molar-refractivity contribution in [2.75, 3.05) is 7.11 Å². The number of halogens is 2. The number of benzene rings is 1. The fourth-order valence-corrected chi connectivity index (χ4v) is 3.50. The Bertz CT molecular complexity index is 1320. The lowest BCUT2D eigenvalue weighted by Crippen LogP contribution is -2.22. The van der Waals surface area contributed by atoms with Crippen LogP contribution in [-0.4, -0.2) is 42.7 Å². The van der Waals surface area contributed by atoms with E-state index in [9.17, 15) is 9.50 Å². The summed E-state index contributed by atoms with van der Waals surface area (Å²) in [6, 6.07) is 5.90. The van der Waals surface area contributed by atoms with Gasteiger partial charge in [-0.2, -0.15) is 5.10 Å². The van der Waals surface area contributed by atoms with Gasteiger partial charge in [0, 0.05) is 26.0 Å². The number of hydrogen-bond donors (Lipinski definition) is 1. The molecule has 0 atom stereocenters. The Balaban J connectivity index is 1.97. The van der Waals surface area contributed by atoms with Gasteiger partial charge in [-0.1, -0.05) is 22.8 Å². The first-order valence-electron chi connectivity index (χ1n) is 11.0. The van der Waals surface area contributed by atoms with E-state index >= 15 is 0 Å². The van der Waals surface area contributed by atoms with Crippen molar-refractivity contribution in [3.8, 4) is 34.0 Å². The molecule has 0 radical (unpaired) electrons. The number of aryl methyl sites for hydroxylation is 1. The van der Waals surface area contributed by atoms with Gasteiger partial charge in [-0.3, -0.25) is 4.68 Å². The summed E-state index contributed by atoms with van der Waals surface area (Å²) in [5.41, 5.74) is -0.266. The van der Waals surface area contributed by atoms with Crippen LogP contribution in [0.5, 0.6) is 0 Å². The van der Waals surface area contributed by atoms with Crippen molar-refractivity contribution in [2.24, 2.45) is 0 Å². The highest BCUT2D eigenvalue weighted by Gasteiger charge is 2.29. The summed E-state index contributed by atoms with van der Waals surface area (Å²) in [6.45, 7) is 0.922. The Morgan fingerprint density at radius 2 is 2.00 bits per heavy atom. The van der Waals surface area contributed by atoms with E-state index in [2.05, 4.69) is 20.2 Å². The van der Waals surface area contributed by atoms with Crippen LogP contribution in [0, 0.1) is 5.82 Å². The number of rotatable bonds is 8. The minimum absolute atomic E-state index is 0.0182. The Hall–Kier alpha value is -3.14. The van der Waals surface area contributed by atoms with Crippen LogP contribution in [0.15, 0.2) is 47.4 Å². The smallest absolute Gasteiger partial charge is 0.182 e. The van der Waals surface area contributed by atoms with E-state index < -0.39 is 17.9 Å². The Morgan fingerprint density at radius 3 is 2.67 bits per heavy atom. The van der Waals surface area contributed by atoms with Gasteiger partial charge < -0.3 is 14.4 Å². The van der Waals surface area contributed by atoms with Crippen molar-refractivity contribution < 1.29 is 21.5 Å². The summed E-state index contributed by atoms with van der Waals surface area (Å²) < 4.78 is 44.1. The van der Waals surface area contributed by atoms with Crippen molar-refractivity contribution in [2.45, 2.75) is 39.0 Å². The largest absolute Gasteiger partial charge is 0.390 e. The molecule has 0 aliphatic carbocycles. The van der Waals surface area contributed by atoms with E-state index in [4.69, 9.17) is 23.6 Å². The average molecular weight is 474 g/mol. The zero-order valence-electron chi connectivity index (χ0n) is 20.2. The predicted octanol–water partition coefficient (Wildman–Crippen LogP) is 4.76. The first kappa shape index (κ1) is 20.5. The summed E-state index contributed by atoms with van der Waals surface area (Å²) in [6.07, 6.45) is 4.20. The van der Waals surface area contributed by atoms with E-state index in [-0.39, 0.29) is 46.5 Å². The Kier molecular flexibility index (Phi) is 5.82. The van der Waals surface area contributed by atoms with Gasteiger partial charge in [0.05, 0.1) is 48.6 Å². The monoisotopic (exact) mass is 473 g/mol. The van der Waals surface area contributed by atoms with Crippen LogP contribution in [0.3, 0.4) is 0 Å². The third-order valence-corrected chi connectivity index (χ3v) is 5.05. The van der Waals surface area contributed by atoms with E-state index in [1.54, 1.807) is 6.07 Å². The van der Waals surface area contributed by atoms with E-state index in [0.29, 0.717) is 11.3 Å². The molecule has 1 N–H and O–H groups in total.